The number of aliphatic hydroxyl groups is 2. The molecule has 0 saturated heterocycles. The highest BCUT2D eigenvalue weighted by Crippen LogP contribution is 2.13. The van der Waals surface area contributed by atoms with Gasteiger partial charge in [-0.05, 0) is 37.1 Å². The lowest BCUT2D eigenvalue weighted by atomic mass is 10.3. The van der Waals surface area contributed by atoms with Gasteiger partial charge >= 0.3 is 0 Å². The Hall–Kier alpha value is -1.14. The molecule has 0 aliphatic carbocycles. The number of amides is 1. The van der Waals surface area contributed by atoms with E-state index in [9.17, 15) is 4.79 Å². The van der Waals surface area contributed by atoms with E-state index < -0.39 is 0 Å². The maximum absolute atomic E-state index is 11.9. The Morgan fingerprint density at radius 1 is 1.10 bits per heavy atom. The average molecular weight is 301 g/mol. The van der Waals surface area contributed by atoms with Gasteiger partial charge in [0.1, 0.15) is 0 Å². The van der Waals surface area contributed by atoms with Crippen LogP contribution in [0.2, 0.25) is 5.02 Å². The van der Waals surface area contributed by atoms with Crippen LogP contribution in [-0.4, -0.2) is 53.9 Å². The van der Waals surface area contributed by atoms with Gasteiger partial charge in [0, 0.05) is 37.0 Å². The van der Waals surface area contributed by atoms with Crippen molar-refractivity contribution in [3.05, 3.63) is 29.3 Å². The van der Waals surface area contributed by atoms with Gasteiger partial charge in [0.2, 0.25) is 5.91 Å². The van der Waals surface area contributed by atoms with Crippen molar-refractivity contribution in [1.82, 2.24) is 4.90 Å². The van der Waals surface area contributed by atoms with Crippen LogP contribution in [0.25, 0.3) is 0 Å². The molecule has 0 fully saturated rings. The summed E-state index contributed by atoms with van der Waals surface area (Å²) in [6.45, 7) is 1.68. The van der Waals surface area contributed by atoms with Crippen LogP contribution in [0, 0.1) is 0 Å². The second-order valence-corrected chi connectivity index (χ2v) is 4.92. The summed E-state index contributed by atoms with van der Waals surface area (Å²) in [5.74, 6) is -0.122. The van der Waals surface area contributed by atoms with Crippen molar-refractivity contribution in [3.8, 4) is 0 Å². The normalized spacial score (nSPS) is 10.8. The van der Waals surface area contributed by atoms with Crippen molar-refractivity contribution < 1.29 is 15.0 Å². The van der Waals surface area contributed by atoms with Crippen LogP contribution >= 0.6 is 11.6 Å². The Morgan fingerprint density at radius 3 is 2.15 bits per heavy atom. The molecule has 1 rings (SSSR count). The molecule has 0 radical (unpaired) electrons. The maximum Gasteiger partial charge on any atom is 0.238 e. The number of anilines is 1. The van der Waals surface area contributed by atoms with Gasteiger partial charge in [0.25, 0.3) is 0 Å². The third-order valence-corrected chi connectivity index (χ3v) is 3.01. The maximum atomic E-state index is 11.9. The fourth-order valence-corrected chi connectivity index (χ4v) is 1.92. The molecule has 5 nitrogen and oxygen atoms in total. The molecule has 1 aromatic carbocycles. The van der Waals surface area contributed by atoms with E-state index >= 15 is 0 Å². The minimum Gasteiger partial charge on any atom is -0.396 e. The molecule has 0 saturated carbocycles. The van der Waals surface area contributed by atoms with Crippen molar-refractivity contribution in [1.29, 1.82) is 0 Å². The number of nitrogens with zero attached hydrogens (tertiary/aromatic N) is 1. The van der Waals surface area contributed by atoms with Gasteiger partial charge in [0.15, 0.2) is 0 Å². The Kier molecular flexibility index (Phi) is 8.22. The first kappa shape index (κ1) is 16.9. The summed E-state index contributed by atoms with van der Waals surface area (Å²) in [6, 6.07) is 6.91. The molecule has 112 valence electrons. The first-order valence-corrected chi connectivity index (χ1v) is 7.03. The zero-order valence-electron chi connectivity index (χ0n) is 11.4. The standard InChI is InChI=1S/C14H21ClN2O3/c15-12-3-5-13(6-4-12)16-14(20)11-17(7-1-9-18)8-2-10-19/h3-6,18-19H,1-2,7-11H2,(H,16,20). The van der Waals surface area contributed by atoms with E-state index in [4.69, 9.17) is 21.8 Å². The lowest BCUT2D eigenvalue weighted by Crippen LogP contribution is -2.35. The predicted molar refractivity (Wildman–Crippen MR) is 79.9 cm³/mol. The van der Waals surface area contributed by atoms with Crippen molar-refractivity contribution in [2.45, 2.75) is 12.8 Å². The Balaban J connectivity index is 2.45. The Morgan fingerprint density at radius 2 is 1.65 bits per heavy atom. The van der Waals surface area contributed by atoms with Crippen LogP contribution < -0.4 is 5.32 Å². The Bertz CT molecular complexity index is 390. The van der Waals surface area contributed by atoms with Gasteiger partial charge in [-0.15, -0.1) is 0 Å². The summed E-state index contributed by atoms with van der Waals surface area (Å²) < 4.78 is 0. The molecule has 0 aromatic heterocycles. The molecule has 0 atom stereocenters. The zero-order chi connectivity index (χ0) is 14.8. The van der Waals surface area contributed by atoms with Gasteiger partial charge in [-0.1, -0.05) is 11.6 Å². The van der Waals surface area contributed by atoms with E-state index in [1.807, 2.05) is 4.90 Å². The summed E-state index contributed by atoms with van der Waals surface area (Å²) in [7, 11) is 0. The molecule has 1 amide bonds. The summed E-state index contributed by atoms with van der Waals surface area (Å²) in [4.78, 5) is 13.8. The SMILES string of the molecule is O=C(CN(CCCO)CCCO)Nc1ccc(Cl)cc1. The largest absolute Gasteiger partial charge is 0.396 e. The molecule has 0 unspecified atom stereocenters. The topological polar surface area (TPSA) is 72.8 Å². The molecule has 1 aromatic rings. The highest BCUT2D eigenvalue weighted by atomic mass is 35.5. The molecule has 0 spiro atoms. The number of aliphatic hydroxyl groups excluding tert-OH is 2. The first-order chi connectivity index (χ1) is 9.65. The number of nitrogens with one attached hydrogen (secondary N) is 1. The van der Waals surface area contributed by atoms with Crippen LogP contribution in [0.1, 0.15) is 12.8 Å². The highest BCUT2D eigenvalue weighted by Gasteiger charge is 2.10. The van der Waals surface area contributed by atoms with Gasteiger partial charge in [-0.25, -0.2) is 0 Å². The second-order valence-electron chi connectivity index (χ2n) is 4.49. The Labute approximate surface area is 124 Å². The number of benzene rings is 1. The molecule has 0 aliphatic heterocycles. The van der Waals surface area contributed by atoms with Crippen LogP contribution in [0.4, 0.5) is 5.69 Å². The van der Waals surface area contributed by atoms with Crippen molar-refractivity contribution in [3.63, 3.8) is 0 Å². The minimum absolute atomic E-state index is 0.0917. The summed E-state index contributed by atoms with van der Waals surface area (Å²) >= 11 is 5.78. The zero-order valence-corrected chi connectivity index (χ0v) is 12.1. The third kappa shape index (κ3) is 6.86. The van der Waals surface area contributed by atoms with Gasteiger partial charge in [-0.3, -0.25) is 9.69 Å². The number of carbonyl (C=O) groups excluding carboxylic acids is 1. The van der Waals surface area contributed by atoms with E-state index in [0.29, 0.717) is 36.6 Å². The molecular formula is C14H21ClN2O3. The fourth-order valence-electron chi connectivity index (χ4n) is 1.80. The third-order valence-electron chi connectivity index (χ3n) is 2.76. The second kappa shape index (κ2) is 9.72. The quantitative estimate of drug-likeness (QED) is 0.643. The van der Waals surface area contributed by atoms with Crippen LogP contribution in [0.15, 0.2) is 24.3 Å². The molecule has 20 heavy (non-hydrogen) atoms. The summed E-state index contributed by atoms with van der Waals surface area (Å²) in [5, 5.41) is 21.1. The number of halogens is 1. The lowest BCUT2D eigenvalue weighted by molar-refractivity contribution is -0.117. The monoisotopic (exact) mass is 300 g/mol. The highest BCUT2D eigenvalue weighted by molar-refractivity contribution is 6.30. The molecular weight excluding hydrogens is 280 g/mol. The van der Waals surface area contributed by atoms with E-state index in [2.05, 4.69) is 5.32 Å². The van der Waals surface area contributed by atoms with Crippen LogP contribution in [0.3, 0.4) is 0 Å². The molecule has 3 N–H and O–H groups in total. The number of rotatable bonds is 9. The van der Waals surface area contributed by atoms with E-state index in [-0.39, 0.29) is 25.7 Å². The van der Waals surface area contributed by atoms with Crippen molar-refractivity contribution in [2.24, 2.45) is 0 Å². The van der Waals surface area contributed by atoms with Gasteiger partial charge < -0.3 is 15.5 Å². The number of carbonyl (C=O) groups is 1. The van der Waals surface area contributed by atoms with Gasteiger partial charge in [-0.2, -0.15) is 0 Å². The molecule has 0 aliphatic rings. The lowest BCUT2D eigenvalue weighted by Gasteiger charge is -2.21. The molecule has 6 heteroatoms. The summed E-state index contributed by atoms with van der Waals surface area (Å²) in [5.41, 5.74) is 0.698. The molecule has 0 heterocycles. The average Bonchev–Trinajstić information content (AvgIpc) is 2.44. The van der Waals surface area contributed by atoms with Crippen molar-refractivity contribution >= 4 is 23.2 Å². The molecule has 0 bridgehead atoms. The van der Waals surface area contributed by atoms with Crippen LogP contribution in [0.5, 0.6) is 0 Å². The number of hydrogen-bond acceptors (Lipinski definition) is 4. The van der Waals surface area contributed by atoms with Crippen LogP contribution in [-0.2, 0) is 4.79 Å². The first-order valence-electron chi connectivity index (χ1n) is 6.65. The smallest absolute Gasteiger partial charge is 0.238 e. The summed E-state index contributed by atoms with van der Waals surface area (Å²) in [6.07, 6.45) is 1.22. The number of hydrogen-bond donors (Lipinski definition) is 3. The van der Waals surface area contributed by atoms with E-state index in [0.717, 1.165) is 0 Å². The van der Waals surface area contributed by atoms with Crippen molar-refractivity contribution in [2.75, 3.05) is 38.2 Å². The van der Waals surface area contributed by atoms with E-state index in [1.165, 1.54) is 0 Å². The predicted octanol–water partition coefficient (Wildman–Crippen LogP) is 1.35. The minimum atomic E-state index is -0.122. The van der Waals surface area contributed by atoms with Gasteiger partial charge in [0.05, 0.1) is 6.54 Å². The fraction of sp³-hybridized carbons (Fsp3) is 0.500. The van der Waals surface area contributed by atoms with E-state index in [1.54, 1.807) is 24.3 Å².